The Labute approximate surface area is 161 Å². The van der Waals surface area contributed by atoms with Gasteiger partial charge in [0.2, 0.25) is 0 Å². The summed E-state index contributed by atoms with van der Waals surface area (Å²) in [4.78, 5) is 41.5. The number of rotatable bonds is 4. The molecule has 0 rings (SSSR count). The number of carboxylic acid groups (broad SMARTS) is 2. The van der Waals surface area contributed by atoms with E-state index in [1.54, 1.807) is 0 Å². The molecule has 128 valence electrons. The largest absolute Gasteiger partial charge is 2.00 e. The van der Waals surface area contributed by atoms with Crippen molar-refractivity contribution < 1.29 is 29.4 Å². The van der Waals surface area contributed by atoms with Gasteiger partial charge in [0.1, 0.15) is 0 Å². The summed E-state index contributed by atoms with van der Waals surface area (Å²) < 4.78 is -0.431. The van der Waals surface area contributed by atoms with Gasteiger partial charge < -0.3 is 19.8 Å². The number of hydrogen-bond acceptors (Lipinski definition) is 8. The first-order valence-corrected chi connectivity index (χ1v) is 8.09. The Hall–Kier alpha value is -0.254. The van der Waals surface area contributed by atoms with Crippen LogP contribution in [0.1, 0.15) is 54.4 Å². The summed E-state index contributed by atoms with van der Waals surface area (Å²) in [5.74, 6) is -2.63. The molecule has 0 amide bonds. The number of carbonyl (C=O) groups is 4. The fourth-order valence-corrected chi connectivity index (χ4v) is 2.74. The van der Waals surface area contributed by atoms with Crippen LogP contribution in [-0.4, -0.2) is 54.7 Å². The number of carbonyl (C=O) groups excluding carboxylic acids is 4. The molecule has 0 aromatic heterocycles. The van der Waals surface area contributed by atoms with E-state index < -0.39 is 24.8 Å². The molecule has 0 aromatic carbocycles. The molecule has 0 aliphatic heterocycles. The Morgan fingerprint density at radius 2 is 0.913 bits per heavy atom. The van der Waals surface area contributed by atoms with Crippen molar-refractivity contribution in [3.05, 3.63) is 0 Å². The van der Waals surface area contributed by atoms with Gasteiger partial charge in [0.15, 0.2) is 10.2 Å². The Morgan fingerprint density at radius 3 is 1.04 bits per heavy atom. The summed E-state index contributed by atoms with van der Waals surface area (Å²) in [7, 11) is 0. The Bertz CT molecular complexity index is 384. The minimum atomic E-state index is -1.31. The van der Waals surface area contributed by atoms with Crippen LogP contribution in [0.25, 0.3) is 0 Å². The van der Waals surface area contributed by atoms with Gasteiger partial charge in [-0.2, -0.15) is 0 Å². The van der Waals surface area contributed by atoms with Crippen LogP contribution in [0.2, 0.25) is 0 Å². The van der Waals surface area contributed by atoms with Crippen LogP contribution < -0.4 is 10.2 Å². The van der Waals surface area contributed by atoms with Crippen LogP contribution in [0.15, 0.2) is 0 Å². The van der Waals surface area contributed by atoms with Crippen LogP contribution in [0.4, 0.5) is 0 Å². The summed E-state index contributed by atoms with van der Waals surface area (Å²) in [5.41, 5.74) is 0. The monoisotopic (exact) mass is 374 g/mol. The van der Waals surface area contributed by atoms with Crippen molar-refractivity contribution in [2.24, 2.45) is 0 Å². The quantitative estimate of drug-likeness (QED) is 0.498. The average molecular weight is 375 g/mol. The van der Waals surface area contributed by atoms with Crippen molar-refractivity contribution in [1.82, 2.24) is 0 Å². The molecule has 0 fully saturated rings. The normalized spacial score (nSPS) is 10.7. The maximum atomic E-state index is 10.8. The van der Waals surface area contributed by atoms with Crippen molar-refractivity contribution in [3.8, 4) is 0 Å². The summed E-state index contributed by atoms with van der Waals surface area (Å²) in [6, 6.07) is 0. The third-order valence-electron chi connectivity index (χ3n) is 1.42. The molecule has 0 heterocycles. The Morgan fingerprint density at radius 1 is 0.696 bits per heavy atom. The standard InChI is InChI=1S/2C7H12O3S.Mg/c2*1-7(2,3)11-6(10)4-5(8)9;/h2*4H2,1-3H3,(H,8,9);/q;;+2/p-2. The second kappa shape index (κ2) is 12.2. The van der Waals surface area contributed by atoms with E-state index in [1.807, 2.05) is 41.5 Å². The molecule has 0 saturated heterocycles. The van der Waals surface area contributed by atoms with Gasteiger partial charge in [-0.1, -0.05) is 65.1 Å². The second-order valence-corrected chi connectivity index (χ2v) is 10.0. The van der Waals surface area contributed by atoms with Crippen molar-refractivity contribution in [1.29, 1.82) is 0 Å². The van der Waals surface area contributed by atoms with E-state index in [1.165, 1.54) is 0 Å². The first-order valence-electron chi connectivity index (χ1n) is 6.46. The van der Waals surface area contributed by atoms with Crippen LogP contribution >= 0.6 is 23.5 Å². The summed E-state index contributed by atoms with van der Waals surface area (Å²) in [6.07, 6.45) is -0.996. The van der Waals surface area contributed by atoms with Crippen molar-refractivity contribution in [2.45, 2.75) is 63.9 Å². The number of hydrogen-bond donors (Lipinski definition) is 0. The second-order valence-electron chi connectivity index (χ2n) is 6.27. The van der Waals surface area contributed by atoms with E-state index in [0.29, 0.717) is 0 Å². The van der Waals surface area contributed by atoms with Gasteiger partial charge in [0.25, 0.3) is 0 Å². The molecule has 23 heavy (non-hydrogen) atoms. The predicted octanol–water partition coefficient (Wildman–Crippen LogP) is -0.0114. The fraction of sp³-hybridized carbons (Fsp3) is 0.714. The van der Waals surface area contributed by atoms with Crippen LogP contribution in [-0.2, 0) is 19.2 Å². The van der Waals surface area contributed by atoms with Gasteiger partial charge in [-0.15, -0.1) is 0 Å². The van der Waals surface area contributed by atoms with Crippen molar-refractivity contribution in [3.63, 3.8) is 0 Å². The molecule has 0 atom stereocenters. The zero-order chi connectivity index (χ0) is 18.1. The number of thioether (sulfide) groups is 2. The van der Waals surface area contributed by atoms with Crippen LogP contribution in [0.5, 0.6) is 0 Å². The number of aliphatic carboxylic acids is 2. The van der Waals surface area contributed by atoms with Gasteiger partial charge in [-0.25, -0.2) is 0 Å². The van der Waals surface area contributed by atoms with Gasteiger partial charge in [-0.05, 0) is 0 Å². The topological polar surface area (TPSA) is 114 Å². The van der Waals surface area contributed by atoms with Gasteiger partial charge in [-0.3, -0.25) is 9.59 Å². The summed E-state index contributed by atoms with van der Waals surface area (Å²) in [5, 5.41) is 19.2. The molecule has 0 radical (unpaired) electrons. The third-order valence-corrected chi connectivity index (χ3v) is 3.39. The van der Waals surface area contributed by atoms with Crippen molar-refractivity contribution in [2.75, 3.05) is 0 Å². The average Bonchev–Trinajstić information content (AvgIpc) is 2.07. The summed E-state index contributed by atoms with van der Waals surface area (Å²) in [6.45, 7) is 11.1. The molecule has 0 aliphatic carbocycles. The smallest absolute Gasteiger partial charge is 0.550 e. The molecule has 0 bridgehead atoms. The molecule has 0 saturated carbocycles. The molecule has 0 spiro atoms. The fourth-order valence-electron chi connectivity index (χ4n) is 0.991. The van der Waals surface area contributed by atoms with Crippen LogP contribution in [0, 0.1) is 0 Å². The molecule has 0 unspecified atom stereocenters. The zero-order valence-electron chi connectivity index (χ0n) is 14.4. The van der Waals surface area contributed by atoms with E-state index in [0.717, 1.165) is 23.5 Å². The maximum Gasteiger partial charge on any atom is 2.00 e. The first kappa shape index (κ1) is 27.6. The summed E-state index contributed by atoms with van der Waals surface area (Å²) >= 11 is 2.05. The van der Waals surface area contributed by atoms with Gasteiger partial charge in [0.05, 0.1) is 12.8 Å². The number of carboxylic acids is 2. The Kier molecular flexibility index (Phi) is 14.6. The molecule has 9 heteroatoms. The van der Waals surface area contributed by atoms with E-state index in [4.69, 9.17) is 0 Å². The molecule has 0 aromatic rings. The first-order chi connectivity index (χ1) is 9.62. The van der Waals surface area contributed by atoms with E-state index >= 15 is 0 Å². The minimum absolute atomic E-state index is 0. The Balaban J connectivity index is -0.000000333. The van der Waals surface area contributed by atoms with Crippen molar-refractivity contribution >= 4 is 68.7 Å². The minimum Gasteiger partial charge on any atom is -0.550 e. The molecule has 6 nitrogen and oxygen atoms in total. The predicted molar refractivity (Wildman–Crippen MR) is 89.7 cm³/mol. The molecular weight excluding hydrogens is 353 g/mol. The molecule has 0 aliphatic rings. The van der Waals surface area contributed by atoms with Gasteiger partial charge in [0, 0.05) is 21.4 Å². The van der Waals surface area contributed by atoms with E-state index in [2.05, 4.69) is 0 Å². The third kappa shape index (κ3) is 26.9. The molecule has 0 N–H and O–H groups in total. The van der Waals surface area contributed by atoms with E-state index in [9.17, 15) is 29.4 Å². The van der Waals surface area contributed by atoms with Gasteiger partial charge >= 0.3 is 23.1 Å². The van der Waals surface area contributed by atoms with Crippen LogP contribution in [0.3, 0.4) is 0 Å². The van der Waals surface area contributed by atoms with E-state index in [-0.39, 0.29) is 42.8 Å². The SMILES string of the molecule is CC(C)(C)SC(=O)CC(=O)[O-].CC(C)(C)SC(=O)CC(=O)[O-].[Mg+2]. The zero-order valence-corrected chi connectivity index (χ0v) is 17.4. The maximum absolute atomic E-state index is 10.8. The molecular formula is C14H22MgO6S2.